The Morgan fingerprint density at radius 1 is 1.06 bits per heavy atom. The summed E-state index contributed by atoms with van der Waals surface area (Å²) in [6.07, 6.45) is 1.79. The van der Waals surface area contributed by atoms with E-state index in [9.17, 15) is 4.79 Å². The van der Waals surface area contributed by atoms with Crippen molar-refractivity contribution in [1.29, 1.82) is 0 Å². The van der Waals surface area contributed by atoms with Crippen molar-refractivity contribution in [3.63, 3.8) is 0 Å². The van der Waals surface area contributed by atoms with Crippen molar-refractivity contribution < 1.29 is 19.0 Å². The molecule has 34 heavy (non-hydrogen) atoms. The average molecular weight is 577 g/mol. The number of thioether (sulfide) groups is 1. The lowest BCUT2D eigenvalue weighted by molar-refractivity contribution is -0.113. The number of methoxy groups -OCH3 is 2. The van der Waals surface area contributed by atoms with Crippen molar-refractivity contribution in [2.24, 2.45) is 0 Å². The molecular weight excluding hydrogens is 558 g/mol. The molecule has 0 bridgehead atoms. The minimum Gasteiger partial charge on any atom is -0.497 e. The van der Waals surface area contributed by atoms with Crippen LogP contribution in [0.15, 0.2) is 70.0 Å². The Morgan fingerprint density at radius 2 is 1.76 bits per heavy atom. The van der Waals surface area contributed by atoms with Gasteiger partial charge in [-0.1, -0.05) is 47.7 Å². The summed E-state index contributed by atoms with van der Waals surface area (Å²) in [5.74, 6) is 1.64. The van der Waals surface area contributed by atoms with E-state index in [1.807, 2.05) is 36.4 Å². The Balaban J connectivity index is 1.56. The summed E-state index contributed by atoms with van der Waals surface area (Å²) in [5.41, 5.74) is 2.44. The molecule has 0 radical (unpaired) electrons. The van der Waals surface area contributed by atoms with Crippen LogP contribution < -0.4 is 19.1 Å². The number of amides is 1. The molecule has 1 saturated heterocycles. The number of anilines is 1. The summed E-state index contributed by atoms with van der Waals surface area (Å²) in [7, 11) is 3.17. The van der Waals surface area contributed by atoms with Crippen LogP contribution in [0.4, 0.5) is 5.69 Å². The van der Waals surface area contributed by atoms with Crippen LogP contribution >= 0.6 is 51.5 Å². The maximum absolute atomic E-state index is 13.1. The van der Waals surface area contributed by atoms with Gasteiger partial charge >= 0.3 is 0 Å². The van der Waals surface area contributed by atoms with E-state index in [2.05, 4.69) is 15.9 Å². The largest absolute Gasteiger partial charge is 0.497 e. The monoisotopic (exact) mass is 575 g/mol. The lowest BCUT2D eigenvalue weighted by atomic mass is 10.1. The van der Waals surface area contributed by atoms with Gasteiger partial charge in [-0.2, -0.15) is 0 Å². The van der Waals surface area contributed by atoms with Gasteiger partial charge in [0.25, 0.3) is 5.91 Å². The second-order valence-electron chi connectivity index (χ2n) is 7.16. The molecule has 0 saturated carbocycles. The van der Waals surface area contributed by atoms with Crippen LogP contribution in [-0.4, -0.2) is 24.4 Å². The Kier molecular flexibility index (Phi) is 7.83. The predicted octanol–water partition coefficient (Wildman–Crippen LogP) is 7.10. The lowest BCUT2D eigenvalue weighted by Gasteiger charge is -2.15. The van der Waals surface area contributed by atoms with Crippen LogP contribution in [0.2, 0.25) is 5.02 Å². The van der Waals surface area contributed by atoms with Crippen molar-refractivity contribution in [1.82, 2.24) is 0 Å². The molecule has 0 N–H and O–H groups in total. The standard InChI is InChI=1S/C25H19BrClNO4S2/c1-30-19-9-7-18(8-10-19)28-24(29)22(34-25(28)33)13-16-11-20(26)23(21(12-16)31-2)32-14-15-3-5-17(27)6-4-15/h3-13H,14H2,1-2H3/b22-13+. The van der Waals surface area contributed by atoms with E-state index in [4.69, 9.17) is 38.0 Å². The summed E-state index contributed by atoms with van der Waals surface area (Å²) in [6.45, 7) is 0.353. The van der Waals surface area contributed by atoms with Gasteiger partial charge in [-0.3, -0.25) is 9.69 Å². The molecular formula is C25H19BrClNO4S2. The fourth-order valence-corrected chi connectivity index (χ4v) is 5.27. The summed E-state index contributed by atoms with van der Waals surface area (Å²) >= 11 is 16.2. The zero-order chi connectivity index (χ0) is 24.2. The third-order valence-electron chi connectivity index (χ3n) is 4.97. The zero-order valence-electron chi connectivity index (χ0n) is 18.2. The second-order valence-corrected chi connectivity index (χ2v) is 10.1. The fraction of sp³-hybridized carbons (Fsp3) is 0.120. The minimum atomic E-state index is -0.182. The number of hydrogen-bond donors (Lipinski definition) is 0. The number of thiocarbonyl (C=S) groups is 1. The molecule has 174 valence electrons. The van der Waals surface area contributed by atoms with Crippen molar-refractivity contribution >= 4 is 73.5 Å². The highest BCUT2D eigenvalue weighted by Crippen LogP contribution is 2.40. The van der Waals surface area contributed by atoms with Crippen molar-refractivity contribution in [3.05, 3.63) is 86.2 Å². The van der Waals surface area contributed by atoms with Crippen LogP contribution in [0.25, 0.3) is 6.08 Å². The first-order chi connectivity index (χ1) is 16.4. The molecule has 0 spiro atoms. The molecule has 9 heteroatoms. The summed E-state index contributed by atoms with van der Waals surface area (Å²) < 4.78 is 17.9. The molecule has 0 aromatic heterocycles. The van der Waals surface area contributed by atoms with Gasteiger partial charge in [0.05, 0.1) is 29.3 Å². The van der Waals surface area contributed by atoms with Gasteiger partial charge < -0.3 is 14.2 Å². The Hall–Kier alpha value is -2.52. The van der Waals surface area contributed by atoms with E-state index in [0.29, 0.717) is 48.3 Å². The molecule has 3 aromatic carbocycles. The highest BCUT2D eigenvalue weighted by Gasteiger charge is 2.33. The molecule has 0 aliphatic carbocycles. The Labute approximate surface area is 220 Å². The van der Waals surface area contributed by atoms with Gasteiger partial charge in [0.2, 0.25) is 0 Å². The maximum Gasteiger partial charge on any atom is 0.270 e. The Bertz CT molecular complexity index is 1260. The Morgan fingerprint density at radius 3 is 2.41 bits per heavy atom. The minimum absolute atomic E-state index is 0.182. The molecule has 1 aliphatic rings. The summed E-state index contributed by atoms with van der Waals surface area (Å²) in [5, 5.41) is 0.671. The van der Waals surface area contributed by atoms with Crippen molar-refractivity contribution in [2.75, 3.05) is 19.1 Å². The van der Waals surface area contributed by atoms with E-state index >= 15 is 0 Å². The van der Waals surface area contributed by atoms with Crippen LogP contribution in [0, 0.1) is 0 Å². The van der Waals surface area contributed by atoms with Crippen LogP contribution in [0.5, 0.6) is 17.2 Å². The molecule has 0 unspecified atom stereocenters. The van der Waals surface area contributed by atoms with E-state index in [1.54, 1.807) is 44.6 Å². The van der Waals surface area contributed by atoms with Gasteiger partial charge in [0, 0.05) is 5.02 Å². The summed E-state index contributed by atoms with van der Waals surface area (Å²) in [4.78, 5) is 15.1. The van der Waals surface area contributed by atoms with Gasteiger partial charge in [-0.25, -0.2) is 0 Å². The first kappa shape index (κ1) is 24.6. The number of rotatable bonds is 7. The zero-order valence-corrected chi connectivity index (χ0v) is 22.2. The lowest BCUT2D eigenvalue weighted by Crippen LogP contribution is -2.27. The fourth-order valence-electron chi connectivity index (χ4n) is 3.27. The predicted molar refractivity (Wildman–Crippen MR) is 145 cm³/mol. The highest BCUT2D eigenvalue weighted by molar-refractivity contribution is 9.10. The maximum atomic E-state index is 13.1. The number of hydrogen-bond acceptors (Lipinski definition) is 6. The number of ether oxygens (including phenoxy) is 3. The van der Waals surface area contributed by atoms with Crippen LogP contribution in [-0.2, 0) is 11.4 Å². The SMILES string of the molecule is COc1ccc(N2C(=O)/C(=C\c3cc(Br)c(OCc4ccc(Cl)cc4)c(OC)c3)SC2=S)cc1. The number of carbonyl (C=O) groups is 1. The van der Waals surface area contributed by atoms with Gasteiger partial charge in [-0.05, 0) is 81.7 Å². The number of benzene rings is 3. The number of halogens is 2. The van der Waals surface area contributed by atoms with Gasteiger partial charge in [-0.15, -0.1) is 0 Å². The average Bonchev–Trinajstić information content (AvgIpc) is 3.11. The normalized spacial score (nSPS) is 14.6. The molecule has 3 aromatic rings. The molecule has 5 nitrogen and oxygen atoms in total. The van der Waals surface area contributed by atoms with Gasteiger partial charge in [0.1, 0.15) is 12.4 Å². The van der Waals surface area contributed by atoms with E-state index in [1.165, 1.54) is 16.7 Å². The second kappa shape index (κ2) is 10.8. The molecule has 4 rings (SSSR count). The third-order valence-corrected chi connectivity index (χ3v) is 7.11. The van der Waals surface area contributed by atoms with E-state index < -0.39 is 0 Å². The molecule has 1 aliphatic heterocycles. The summed E-state index contributed by atoms with van der Waals surface area (Å²) in [6, 6.07) is 18.3. The molecule has 1 fully saturated rings. The first-order valence-corrected chi connectivity index (χ1v) is 12.5. The number of nitrogens with zero attached hydrogens (tertiary/aromatic N) is 1. The van der Waals surface area contributed by atoms with Gasteiger partial charge in [0.15, 0.2) is 15.8 Å². The third kappa shape index (κ3) is 5.41. The van der Waals surface area contributed by atoms with Crippen molar-refractivity contribution in [2.45, 2.75) is 6.61 Å². The van der Waals surface area contributed by atoms with Crippen LogP contribution in [0.3, 0.4) is 0 Å². The van der Waals surface area contributed by atoms with E-state index in [-0.39, 0.29) is 5.91 Å². The van der Waals surface area contributed by atoms with E-state index in [0.717, 1.165) is 11.1 Å². The highest BCUT2D eigenvalue weighted by atomic mass is 79.9. The first-order valence-electron chi connectivity index (χ1n) is 10.1. The number of carbonyl (C=O) groups excluding carboxylic acids is 1. The molecule has 0 atom stereocenters. The van der Waals surface area contributed by atoms with Crippen LogP contribution in [0.1, 0.15) is 11.1 Å². The van der Waals surface area contributed by atoms with Crippen molar-refractivity contribution in [3.8, 4) is 17.2 Å². The smallest absolute Gasteiger partial charge is 0.270 e. The molecule has 1 heterocycles. The topological polar surface area (TPSA) is 48.0 Å². The molecule has 1 amide bonds. The quantitative estimate of drug-likeness (QED) is 0.221.